The third-order valence-electron chi connectivity index (χ3n) is 14.1. The van der Waals surface area contributed by atoms with Crippen molar-refractivity contribution in [2.75, 3.05) is 6.54 Å². The third kappa shape index (κ3) is 6.47. The first kappa shape index (κ1) is 37.5. The first-order valence-electron chi connectivity index (χ1n) is 21.2. The Labute approximate surface area is 339 Å². The van der Waals surface area contributed by atoms with Gasteiger partial charge in [-0.3, -0.25) is 10.1 Å². The minimum atomic E-state index is -1.03. The molecule has 2 bridgehead atoms. The summed E-state index contributed by atoms with van der Waals surface area (Å²) in [6.07, 6.45) is 16.7. The number of fused-ring (bicyclic) bond motifs is 6. The molecule has 10 atom stereocenters. The maximum Gasteiger partial charge on any atom is 0.191 e. The zero-order chi connectivity index (χ0) is 39.7. The molecule has 2 aromatic carbocycles. The number of aromatic amines is 1. The number of rotatable bonds is 6. The number of allylic oxidation sites excluding steroid dienone is 1. The van der Waals surface area contributed by atoms with Crippen LogP contribution in [-0.2, 0) is 11.2 Å². The maximum absolute atomic E-state index is 13.2. The highest BCUT2D eigenvalue weighted by Gasteiger charge is 2.47. The Morgan fingerprint density at radius 3 is 2.72 bits per heavy atom. The number of aliphatic hydroxyl groups excluding tert-OH is 3. The zero-order valence-corrected chi connectivity index (χ0v) is 32.9. The van der Waals surface area contributed by atoms with Crippen molar-refractivity contribution in [3.05, 3.63) is 94.5 Å². The fraction of sp³-hybridized carbons (Fsp3) is 0.479. The number of carbonyl (C=O) groups is 1. The molecule has 0 radical (unpaired) electrons. The first-order chi connectivity index (χ1) is 28.2. The van der Waals surface area contributed by atoms with Crippen molar-refractivity contribution in [1.29, 1.82) is 0 Å². The summed E-state index contributed by atoms with van der Waals surface area (Å²) in [5.74, 6) is 11.2. The van der Waals surface area contributed by atoms with Crippen LogP contribution in [0.2, 0.25) is 0 Å². The van der Waals surface area contributed by atoms with E-state index in [0.717, 1.165) is 72.7 Å². The van der Waals surface area contributed by atoms with E-state index in [-0.39, 0.29) is 36.6 Å². The van der Waals surface area contributed by atoms with Crippen molar-refractivity contribution < 1.29 is 29.6 Å². The average Bonchev–Trinajstić information content (AvgIpc) is 3.96. The van der Waals surface area contributed by atoms with Gasteiger partial charge >= 0.3 is 0 Å². The Balaban J connectivity index is 1.02. The average molecular weight is 781 g/mol. The van der Waals surface area contributed by atoms with Crippen LogP contribution in [0.15, 0.2) is 61.1 Å². The Morgan fingerprint density at radius 1 is 1.03 bits per heavy atom. The first-order valence-corrected chi connectivity index (χ1v) is 21.2. The lowest BCUT2D eigenvalue weighted by Crippen LogP contribution is -2.40. The highest BCUT2D eigenvalue weighted by molar-refractivity contribution is 5.84. The molecule has 7 N–H and O–H groups in total. The van der Waals surface area contributed by atoms with E-state index in [0.29, 0.717) is 30.3 Å². The molecule has 0 saturated heterocycles. The quantitative estimate of drug-likeness (QED) is 0.0955. The van der Waals surface area contributed by atoms with Crippen LogP contribution in [0.3, 0.4) is 0 Å². The van der Waals surface area contributed by atoms with Crippen LogP contribution in [-0.4, -0.2) is 49.4 Å². The minimum absolute atomic E-state index is 0.0150. The van der Waals surface area contributed by atoms with Gasteiger partial charge in [-0.2, -0.15) is 0 Å². The van der Waals surface area contributed by atoms with E-state index in [9.17, 15) is 20.1 Å². The lowest BCUT2D eigenvalue weighted by atomic mass is 9.68. The van der Waals surface area contributed by atoms with Crippen LogP contribution in [0.5, 0.6) is 11.5 Å². The highest BCUT2D eigenvalue weighted by atomic mass is 16.5. The van der Waals surface area contributed by atoms with Crippen LogP contribution in [0.4, 0.5) is 0 Å². The van der Waals surface area contributed by atoms with Gasteiger partial charge in [0.1, 0.15) is 18.0 Å². The van der Waals surface area contributed by atoms with E-state index in [2.05, 4.69) is 63.4 Å². The molecule has 1 fully saturated rings. The number of carbonyl (C=O) groups excluding carboxylic acids is 1. The van der Waals surface area contributed by atoms with Crippen LogP contribution >= 0.6 is 0 Å². The fourth-order valence-electron chi connectivity index (χ4n) is 11.0. The molecule has 300 valence electrons. The summed E-state index contributed by atoms with van der Waals surface area (Å²) in [5.41, 5.74) is 13.5. The number of nitrogens with zero attached hydrogens (tertiary/aromatic N) is 1. The summed E-state index contributed by atoms with van der Waals surface area (Å²) in [5, 5.41) is 38.1. The number of H-pyrrole nitrogens is 1. The van der Waals surface area contributed by atoms with Gasteiger partial charge in [-0.05, 0) is 95.9 Å². The van der Waals surface area contributed by atoms with Crippen LogP contribution in [0.25, 0.3) is 10.9 Å². The van der Waals surface area contributed by atoms with Crippen molar-refractivity contribution in [1.82, 2.24) is 14.9 Å². The summed E-state index contributed by atoms with van der Waals surface area (Å²) in [4.78, 5) is 16.7. The van der Waals surface area contributed by atoms with Gasteiger partial charge in [-0.1, -0.05) is 67.9 Å². The molecule has 10 heteroatoms. The van der Waals surface area contributed by atoms with E-state index >= 15 is 0 Å². The highest BCUT2D eigenvalue weighted by Crippen LogP contribution is 2.53. The Kier molecular flexibility index (Phi) is 9.55. The monoisotopic (exact) mass is 780 g/mol. The Hall–Kier alpha value is -4.81. The van der Waals surface area contributed by atoms with Gasteiger partial charge in [0, 0.05) is 55.2 Å². The van der Waals surface area contributed by atoms with Crippen LogP contribution in [0.1, 0.15) is 128 Å². The van der Waals surface area contributed by atoms with Gasteiger partial charge in [-0.15, -0.1) is 0 Å². The predicted molar refractivity (Wildman–Crippen MR) is 219 cm³/mol. The normalized spacial score (nSPS) is 30.6. The minimum Gasteiger partial charge on any atom is -0.465 e. The van der Waals surface area contributed by atoms with Crippen molar-refractivity contribution in [2.24, 2.45) is 28.9 Å². The van der Waals surface area contributed by atoms with Crippen molar-refractivity contribution in [3.8, 4) is 35.4 Å². The summed E-state index contributed by atoms with van der Waals surface area (Å²) < 4.78 is 15.4. The number of Topliss-reactive ketones (excluding diaryl/α,β-unsaturated/α-hetero) is 1. The summed E-state index contributed by atoms with van der Waals surface area (Å²) in [6.45, 7) is 2.84. The molecule has 0 amide bonds. The molecule has 58 heavy (non-hydrogen) atoms. The van der Waals surface area contributed by atoms with Crippen LogP contribution < -0.4 is 20.5 Å². The largest absolute Gasteiger partial charge is 0.465 e. The second kappa shape index (κ2) is 14.8. The van der Waals surface area contributed by atoms with Gasteiger partial charge in [-0.25, -0.2) is 0 Å². The SMILES string of the molecule is C[C@@H]1C=C[C@H]([C@@H](O)CC(=O)CCc2ccc3c(c2)O[C@H]2[C@H](C#C[C@H](O)c4ccc5c6c4[C@@H](CC[C@H]6CN[C@H]5N)c4c[nH]c5cn2cc45)C2(C#CO3)CCCC2)[C@@H](O)C1. The number of nitrogens with one attached hydrogen (secondary N) is 2. The fourth-order valence-corrected chi connectivity index (χ4v) is 11.0. The number of hydrogen-bond donors (Lipinski definition) is 6. The number of benzene rings is 2. The smallest absolute Gasteiger partial charge is 0.191 e. The third-order valence-corrected chi connectivity index (χ3v) is 14.1. The van der Waals surface area contributed by atoms with Gasteiger partial charge in [0.05, 0.1) is 35.2 Å². The number of aliphatic hydroxyl groups is 3. The molecule has 1 saturated carbocycles. The molecular formula is C48H52N4O6. The molecule has 0 unspecified atom stereocenters. The zero-order valence-electron chi connectivity index (χ0n) is 32.9. The predicted octanol–water partition coefficient (Wildman–Crippen LogP) is 6.52. The van der Waals surface area contributed by atoms with Gasteiger partial charge in [0.15, 0.2) is 17.7 Å². The number of aromatic nitrogens is 2. The molecular weight excluding hydrogens is 729 g/mol. The lowest BCUT2D eigenvalue weighted by Gasteiger charge is -2.40. The number of aryl methyl sites for hydroxylation is 1. The maximum atomic E-state index is 13.2. The molecule has 2 aromatic heterocycles. The topological polar surface area (TPSA) is 155 Å². The van der Waals surface area contributed by atoms with E-state index in [1.807, 2.05) is 43.3 Å². The molecule has 3 aliphatic carbocycles. The molecule has 6 aliphatic rings. The number of nitrogens with two attached hydrogens (primary N) is 1. The Bertz CT molecular complexity index is 2420. The number of hydrogen-bond acceptors (Lipinski definition) is 8. The van der Waals surface area contributed by atoms with Crippen LogP contribution in [0, 0.1) is 47.0 Å². The van der Waals surface area contributed by atoms with Crippen molar-refractivity contribution in [3.63, 3.8) is 0 Å². The molecule has 3 aliphatic heterocycles. The Morgan fingerprint density at radius 2 is 1.88 bits per heavy atom. The molecule has 1 spiro atoms. The number of ketones is 1. The summed E-state index contributed by atoms with van der Waals surface area (Å²) >= 11 is 0. The second-order valence-corrected chi connectivity index (χ2v) is 17.8. The van der Waals surface area contributed by atoms with Gasteiger partial charge in [0.25, 0.3) is 0 Å². The van der Waals surface area contributed by atoms with Crippen molar-refractivity contribution in [2.45, 2.75) is 114 Å². The standard InChI is InChI=1S/C48H52N4O6/c1-27-4-9-32(40(55)20-27)41(56)22-30(53)8-5-28-6-15-42-43(21-28)58-47-37(48(18-19-57-42)16-2-3-17-48)13-14-39(54)33-11-12-34-44-29(23-51-46(34)49)7-10-31(45(33)44)35-24-50-38-26-52(47)25-36(35)38/h4,6,9,11-12,15,21,24-27,29,31-32,37,39-41,46-47,50-51,54-56H,2-3,5,7-8,10,16-17,20,22-23,49H2,1H3/t27-,29+,31+,32+,37+,39+,40+,41+,46-,47+/m1/s1. The van der Waals surface area contributed by atoms with E-state index in [1.54, 1.807) is 0 Å². The van der Waals surface area contributed by atoms with E-state index in [4.69, 9.17) is 15.2 Å². The molecule has 4 aromatic rings. The summed E-state index contributed by atoms with van der Waals surface area (Å²) in [6, 6.07) is 9.82. The van der Waals surface area contributed by atoms with E-state index in [1.165, 1.54) is 16.7 Å². The summed E-state index contributed by atoms with van der Waals surface area (Å²) in [7, 11) is 0. The number of ether oxygens (including phenoxy) is 2. The van der Waals surface area contributed by atoms with Crippen molar-refractivity contribution >= 4 is 16.7 Å². The lowest BCUT2D eigenvalue weighted by molar-refractivity contribution is -0.122. The molecule has 10 rings (SSSR count). The second-order valence-electron chi connectivity index (χ2n) is 17.8. The molecule has 5 heterocycles. The van der Waals surface area contributed by atoms with Gasteiger partial charge in [0.2, 0.25) is 0 Å². The van der Waals surface area contributed by atoms with E-state index < -0.39 is 41.8 Å². The van der Waals surface area contributed by atoms with Gasteiger partial charge < -0.3 is 40.1 Å². The molecule has 10 nitrogen and oxygen atoms in total.